The molecule has 0 bridgehead atoms. The number of nitrogens with zero attached hydrogens (tertiary/aromatic N) is 1. The molecule has 1 heterocycles. The molecule has 0 aliphatic carbocycles. The fourth-order valence-electron chi connectivity index (χ4n) is 3.96. The summed E-state index contributed by atoms with van der Waals surface area (Å²) in [6.45, 7) is 1.90. The second-order valence-corrected chi connectivity index (χ2v) is 7.15. The average molecular weight is 402 g/mol. The molecule has 6 nitrogen and oxygen atoms in total. The van der Waals surface area contributed by atoms with E-state index in [1.165, 1.54) is 0 Å². The summed E-state index contributed by atoms with van der Waals surface area (Å²) in [5.74, 6) is -1.69. The Labute approximate surface area is 174 Å². The van der Waals surface area contributed by atoms with E-state index in [1.54, 1.807) is 19.1 Å². The summed E-state index contributed by atoms with van der Waals surface area (Å²) in [4.78, 5) is 38.6. The maximum atomic E-state index is 13.1. The van der Waals surface area contributed by atoms with Gasteiger partial charge in [0.05, 0.1) is 6.61 Å². The van der Waals surface area contributed by atoms with Crippen LogP contribution < -0.4 is 5.43 Å². The van der Waals surface area contributed by atoms with Crippen LogP contribution in [0, 0.1) is 0 Å². The minimum atomic E-state index is -0.918. The van der Waals surface area contributed by atoms with Crippen LogP contribution in [0.15, 0.2) is 72.8 Å². The highest BCUT2D eigenvalue weighted by Crippen LogP contribution is 2.34. The van der Waals surface area contributed by atoms with Gasteiger partial charge in [-0.2, -0.15) is 0 Å². The van der Waals surface area contributed by atoms with Crippen LogP contribution >= 0.6 is 0 Å². The molecule has 0 saturated carbocycles. The van der Waals surface area contributed by atoms with Crippen molar-refractivity contribution in [2.24, 2.45) is 0 Å². The van der Waals surface area contributed by atoms with Gasteiger partial charge in [-0.05, 0) is 29.3 Å². The number of amides is 2. The van der Waals surface area contributed by atoms with E-state index in [4.69, 9.17) is 4.74 Å². The monoisotopic (exact) mass is 402 g/mol. The van der Waals surface area contributed by atoms with Gasteiger partial charge in [-0.1, -0.05) is 66.7 Å². The molecule has 30 heavy (non-hydrogen) atoms. The first-order valence-corrected chi connectivity index (χ1v) is 9.92. The van der Waals surface area contributed by atoms with Crippen molar-refractivity contribution in [3.05, 3.63) is 83.9 Å². The first kappa shape index (κ1) is 19.6. The van der Waals surface area contributed by atoms with Crippen molar-refractivity contribution in [2.45, 2.75) is 25.3 Å². The second kappa shape index (κ2) is 8.37. The number of fused-ring (bicyclic) bond motifs is 1. The summed E-state index contributed by atoms with van der Waals surface area (Å²) >= 11 is 0. The number of rotatable bonds is 5. The topological polar surface area (TPSA) is 75.7 Å². The predicted octanol–water partition coefficient (Wildman–Crippen LogP) is 3.43. The van der Waals surface area contributed by atoms with Crippen molar-refractivity contribution in [1.82, 2.24) is 10.4 Å². The minimum absolute atomic E-state index is 0.114. The highest BCUT2D eigenvalue weighted by Gasteiger charge is 2.47. The molecule has 0 radical (unpaired) electrons. The minimum Gasteiger partial charge on any atom is -0.464 e. The Hall–Kier alpha value is -3.67. The summed E-state index contributed by atoms with van der Waals surface area (Å²) in [5, 5.41) is 2.83. The van der Waals surface area contributed by atoms with Gasteiger partial charge in [0.15, 0.2) is 6.04 Å². The van der Waals surface area contributed by atoms with Crippen LogP contribution in [0.3, 0.4) is 0 Å². The number of carbonyl (C=O) groups is 3. The lowest BCUT2D eigenvalue weighted by atomic mass is 9.92. The van der Waals surface area contributed by atoms with E-state index in [0.29, 0.717) is 5.56 Å². The van der Waals surface area contributed by atoms with Gasteiger partial charge >= 0.3 is 5.97 Å². The number of hydrazine groups is 1. The van der Waals surface area contributed by atoms with Crippen LogP contribution in [0.4, 0.5) is 0 Å². The van der Waals surface area contributed by atoms with Crippen molar-refractivity contribution in [2.75, 3.05) is 6.61 Å². The lowest BCUT2D eigenvalue weighted by Crippen LogP contribution is -2.52. The number of hydrogen-bond donors (Lipinski definition) is 1. The largest absolute Gasteiger partial charge is 0.464 e. The first-order valence-electron chi connectivity index (χ1n) is 9.92. The molecule has 6 heteroatoms. The normalized spacial score (nSPS) is 18.4. The van der Waals surface area contributed by atoms with E-state index in [2.05, 4.69) is 5.43 Å². The highest BCUT2D eigenvalue weighted by atomic mass is 16.5. The zero-order valence-electron chi connectivity index (χ0n) is 16.6. The third-order valence-electron chi connectivity index (χ3n) is 5.33. The molecule has 0 aromatic heterocycles. The molecule has 1 aliphatic heterocycles. The van der Waals surface area contributed by atoms with Crippen molar-refractivity contribution in [1.29, 1.82) is 0 Å². The van der Waals surface area contributed by atoms with E-state index in [0.717, 1.165) is 21.3 Å². The van der Waals surface area contributed by atoms with Crippen LogP contribution in [0.25, 0.3) is 10.8 Å². The molecule has 1 saturated heterocycles. The number of benzene rings is 3. The van der Waals surface area contributed by atoms with Gasteiger partial charge in [-0.25, -0.2) is 9.80 Å². The highest BCUT2D eigenvalue weighted by molar-refractivity contribution is 6.07. The molecule has 1 aliphatic rings. The molecule has 152 valence electrons. The summed E-state index contributed by atoms with van der Waals surface area (Å²) in [6.07, 6.45) is 0.114. The van der Waals surface area contributed by atoms with Gasteiger partial charge in [-0.3, -0.25) is 15.0 Å². The Morgan fingerprint density at radius 3 is 2.47 bits per heavy atom. The third-order valence-corrected chi connectivity index (χ3v) is 5.33. The zero-order valence-corrected chi connectivity index (χ0v) is 16.6. The van der Waals surface area contributed by atoms with E-state index in [9.17, 15) is 14.4 Å². The van der Waals surface area contributed by atoms with Crippen molar-refractivity contribution in [3.8, 4) is 0 Å². The van der Waals surface area contributed by atoms with Crippen molar-refractivity contribution < 1.29 is 19.1 Å². The fraction of sp³-hybridized carbons (Fsp3) is 0.208. The molecule has 4 rings (SSSR count). The molecule has 2 atom stereocenters. The second-order valence-electron chi connectivity index (χ2n) is 7.15. The number of esters is 1. The van der Waals surface area contributed by atoms with E-state index in [-0.39, 0.29) is 18.9 Å². The molecule has 1 N–H and O–H groups in total. The standard InChI is InChI=1S/C24H22N2O4/c1-2-30-24(29)22-20(17-9-4-3-5-10-17)15-21(27)26(22)25-23(28)19-14-8-12-16-11-6-7-13-18(16)19/h3-14,20,22H,2,15H2,1H3,(H,25,28)/t20-,22+/m0/s1. The third kappa shape index (κ3) is 3.64. The van der Waals surface area contributed by atoms with Gasteiger partial charge in [0.25, 0.3) is 5.91 Å². The summed E-state index contributed by atoms with van der Waals surface area (Å²) in [6, 6.07) is 21.4. The Bertz CT molecular complexity index is 1090. The smallest absolute Gasteiger partial charge is 0.331 e. The van der Waals surface area contributed by atoms with Crippen LogP contribution in [0.1, 0.15) is 35.2 Å². The number of carbonyl (C=O) groups excluding carboxylic acids is 3. The number of nitrogens with one attached hydrogen (secondary N) is 1. The van der Waals surface area contributed by atoms with E-state index < -0.39 is 23.8 Å². The Morgan fingerprint density at radius 1 is 1.00 bits per heavy atom. The van der Waals surface area contributed by atoms with Crippen LogP contribution in [0.2, 0.25) is 0 Å². The van der Waals surface area contributed by atoms with Gasteiger partial charge in [0.2, 0.25) is 5.91 Å². The molecular weight excluding hydrogens is 380 g/mol. The molecule has 3 aromatic carbocycles. The lowest BCUT2D eigenvalue weighted by molar-refractivity contribution is -0.153. The number of hydrogen-bond acceptors (Lipinski definition) is 4. The quantitative estimate of drug-likeness (QED) is 0.664. The van der Waals surface area contributed by atoms with Gasteiger partial charge in [0.1, 0.15) is 0 Å². The molecule has 3 aromatic rings. The van der Waals surface area contributed by atoms with Crippen LogP contribution in [0.5, 0.6) is 0 Å². The molecule has 2 amide bonds. The molecular formula is C24H22N2O4. The Morgan fingerprint density at radius 2 is 1.70 bits per heavy atom. The SMILES string of the molecule is CCOC(=O)[C@H]1[C@H](c2ccccc2)CC(=O)N1NC(=O)c1cccc2ccccc12. The lowest BCUT2D eigenvalue weighted by Gasteiger charge is -2.27. The van der Waals surface area contributed by atoms with Crippen LogP contribution in [-0.2, 0) is 14.3 Å². The average Bonchev–Trinajstić information content (AvgIpc) is 3.10. The molecule has 0 spiro atoms. The Kier molecular flexibility index (Phi) is 5.48. The van der Waals surface area contributed by atoms with Gasteiger partial charge in [0, 0.05) is 17.9 Å². The predicted molar refractivity (Wildman–Crippen MR) is 112 cm³/mol. The van der Waals surface area contributed by atoms with E-state index >= 15 is 0 Å². The zero-order chi connectivity index (χ0) is 21.1. The van der Waals surface area contributed by atoms with Crippen LogP contribution in [-0.4, -0.2) is 35.4 Å². The summed E-state index contributed by atoms with van der Waals surface area (Å²) < 4.78 is 5.23. The molecule has 1 fully saturated rings. The maximum absolute atomic E-state index is 13.1. The van der Waals surface area contributed by atoms with Crippen molar-refractivity contribution in [3.63, 3.8) is 0 Å². The maximum Gasteiger partial charge on any atom is 0.331 e. The summed E-state index contributed by atoms with van der Waals surface area (Å²) in [5.41, 5.74) is 3.96. The van der Waals surface area contributed by atoms with E-state index in [1.807, 2.05) is 60.7 Å². The fourth-order valence-corrected chi connectivity index (χ4v) is 3.96. The Balaban J connectivity index is 1.66. The van der Waals surface area contributed by atoms with Gasteiger partial charge < -0.3 is 4.74 Å². The van der Waals surface area contributed by atoms with Crippen molar-refractivity contribution >= 4 is 28.6 Å². The van der Waals surface area contributed by atoms with Gasteiger partial charge in [-0.15, -0.1) is 0 Å². The number of ether oxygens (including phenoxy) is 1. The summed E-state index contributed by atoms with van der Waals surface area (Å²) in [7, 11) is 0. The first-order chi connectivity index (χ1) is 14.6. The molecule has 0 unspecified atom stereocenters.